The van der Waals surface area contributed by atoms with E-state index < -0.39 is 0 Å². The molecule has 0 atom stereocenters. The third-order valence-electron chi connectivity index (χ3n) is 2.79. The van der Waals surface area contributed by atoms with Crippen LogP contribution in [0.1, 0.15) is 33.1 Å². The molecular weight excluding hydrogens is 152 g/mol. The molecule has 0 rings (SSSR count). The number of hydrogen-bond acceptors (Lipinski definition) is 2. The molecule has 0 spiro atoms. The van der Waals surface area contributed by atoms with E-state index >= 15 is 0 Å². The fraction of sp³-hybridized carbons (Fsp3) is 1.00. The average molecular weight is 174 g/mol. The van der Waals surface area contributed by atoms with Gasteiger partial charge in [0.1, 0.15) is 0 Å². The highest BCUT2D eigenvalue weighted by Crippen LogP contribution is 2.30. The summed E-state index contributed by atoms with van der Waals surface area (Å²) in [4.78, 5) is 0. The molecule has 0 saturated carbocycles. The van der Waals surface area contributed by atoms with Crippen LogP contribution in [0.4, 0.5) is 0 Å². The Morgan fingerprint density at radius 3 is 1.92 bits per heavy atom. The molecule has 0 N–H and O–H groups in total. The van der Waals surface area contributed by atoms with Gasteiger partial charge in [0.15, 0.2) is 0 Å². The molecule has 0 aliphatic heterocycles. The SMILES string of the molecule is CCC(CC)(CCOC)COC. The van der Waals surface area contributed by atoms with Crippen molar-refractivity contribution in [2.75, 3.05) is 27.4 Å². The van der Waals surface area contributed by atoms with Crippen LogP contribution >= 0.6 is 0 Å². The fourth-order valence-corrected chi connectivity index (χ4v) is 1.50. The first-order valence-electron chi connectivity index (χ1n) is 4.72. The highest BCUT2D eigenvalue weighted by molar-refractivity contribution is 4.75. The summed E-state index contributed by atoms with van der Waals surface area (Å²) in [7, 11) is 3.52. The molecule has 0 heterocycles. The normalized spacial score (nSPS) is 12.0. The lowest BCUT2D eigenvalue weighted by molar-refractivity contribution is 0.0421. The second-order valence-electron chi connectivity index (χ2n) is 3.38. The summed E-state index contributed by atoms with van der Waals surface area (Å²) in [5.74, 6) is 0. The van der Waals surface area contributed by atoms with Gasteiger partial charge in [-0.1, -0.05) is 13.8 Å². The van der Waals surface area contributed by atoms with E-state index in [1.54, 1.807) is 14.2 Å². The summed E-state index contributed by atoms with van der Waals surface area (Å²) in [5, 5.41) is 0. The summed E-state index contributed by atoms with van der Waals surface area (Å²) >= 11 is 0. The molecule has 0 bridgehead atoms. The van der Waals surface area contributed by atoms with Crippen molar-refractivity contribution in [2.45, 2.75) is 33.1 Å². The van der Waals surface area contributed by atoms with Gasteiger partial charge in [-0.25, -0.2) is 0 Å². The van der Waals surface area contributed by atoms with Crippen LogP contribution < -0.4 is 0 Å². The highest BCUT2D eigenvalue weighted by atomic mass is 16.5. The summed E-state index contributed by atoms with van der Waals surface area (Å²) in [6, 6.07) is 0. The summed E-state index contributed by atoms with van der Waals surface area (Å²) in [6.45, 7) is 6.13. The standard InChI is InChI=1S/C10H22O2/c1-5-10(6-2,9-12-4)7-8-11-3/h5-9H2,1-4H3. The number of hydrogen-bond donors (Lipinski definition) is 0. The molecule has 2 nitrogen and oxygen atoms in total. The minimum atomic E-state index is 0.338. The fourth-order valence-electron chi connectivity index (χ4n) is 1.50. The van der Waals surface area contributed by atoms with E-state index in [1.165, 1.54) is 12.8 Å². The van der Waals surface area contributed by atoms with Crippen molar-refractivity contribution < 1.29 is 9.47 Å². The molecule has 0 radical (unpaired) electrons. The van der Waals surface area contributed by atoms with E-state index in [-0.39, 0.29) is 0 Å². The zero-order chi connectivity index (χ0) is 9.45. The van der Waals surface area contributed by atoms with E-state index in [4.69, 9.17) is 9.47 Å². The van der Waals surface area contributed by atoms with E-state index in [0.29, 0.717) is 5.41 Å². The van der Waals surface area contributed by atoms with Gasteiger partial charge >= 0.3 is 0 Å². The molecule has 0 aliphatic carbocycles. The third-order valence-corrected chi connectivity index (χ3v) is 2.79. The predicted octanol–water partition coefficient (Wildman–Crippen LogP) is 2.48. The largest absolute Gasteiger partial charge is 0.385 e. The third kappa shape index (κ3) is 3.55. The van der Waals surface area contributed by atoms with Gasteiger partial charge in [-0.3, -0.25) is 0 Å². The van der Waals surface area contributed by atoms with Gasteiger partial charge in [-0.2, -0.15) is 0 Å². The van der Waals surface area contributed by atoms with E-state index in [9.17, 15) is 0 Å². The van der Waals surface area contributed by atoms with E-state index in [2.05, 4.69) is 13.8 Å². The quantitative estimate of drug-likeness (QED) is 0.590. The Hall–Kier alpha value is -0.0800. The molecule has 0 aromatic carbocycles. The van der Waals surface area contributed by atoms with E-state index in [1.807, 2.05) is 0 Å². The maximum Gasteiger partial charge on any atom is 0.0519 e. The van der Waals surface area contributed by atoms with Gasteiger partial charge in [-0.05, 0) is 24.7 Å². The van der Waals surface area contributed by atoms with Crippen LogP contribution in [-0.4, -0.2) is 27.4 Å². The summed E-state index contributed by atoms with van der Waals surface area (Å²) in [5.41, 5.74) is 0.338. The van der Waals surface area contributed by atoms with Gasteiger partial charge < -0.3 is 9.47 Å². The van der Waals surface area contributed by atoms with Gasteiger partial charge in [0, 0.05) is 20.8 Å². The minimum Gasteiger partial charge on any atom is -0.385 e. The van der Waals surface area contributed by atoms with Gasteiger partial charge in [0.2, 0.25) is 0 Å². The van der Waals surface area contributed by atoms with Crippen LogP contribution in [0.2, 0.25) is 0 Å². The van der Waals surface area contributed by atoms with Crippen LogP contribution in [0.25, 0.3) is 0 Å². The first-order valence-corrected chi connectivity index (χ1v) is 4.72. The average Bonchev–Trinajstić information content (AvgIpc) is 2.13. The molecule has 0 fully saturated rings. The molecule has 74 valence electrons. The Morgan fingerprint density at radius 2 is 1.58 bits per heavy atom. The molecule has 0 aromatic rings. The Morgan fingerprint density at radius 1 is 1.00 bits per heavy atom. The molecule has 2 heteroatoms. The van der Waals surface area contributed by atoms with Crippen molar-refractivity contribution >= 4 is 0 Å². The zero-order valence-corrected chi connectivity index (χ0v) is 8.85. The lowest BCUT2D eigenvalue weighted by atomic mass is 9.80. The number of ether oxygens (including phenoxy) is 2. The molecular formula is C10H22O2. The summed E-state index contributed by atoms with van der Waals surface area (Å²) < 4.78 is 10.3. The van der Waals surface area contributed by atoms with Crippen LogP contribution in [0, 0.1) is 5.41 Å². The lowest BCUT2D eigenvalue weighted by Gasteiger charge is -2.30. The Kier molecular flexibility index (Phi) is 6.39. The molecule has 0 saturated heterocycles. The lowest BCUT2D eigenvalue weighted by Crippen LogP contribution is -2.26. The van der Waals surface area contributed by atoms with Crippen LogP contribution in [0.15, 0.2) is 0 Å². The van der Waals surface area contributed by atoms with Gasteiger partial charge in [0.25, 0.3) is 0 Å². The predicted molar refractivity (Wildman–Crippen MR) is 51.4 cm³/mol. The molecule has 12 heavy (non-hydrogen) atoms. The van der Waals surface area contributed by atoms with Crippen LogP contribution in [0.5, 0.6) is 0 Å². The second-order valence-corrected chi connectivity index (χ2v) is 3.38. The summed E-state index contributed by atoms with van der Waals surface area (Å²) in [6.07, 6.45) is 3.44. The first-order chi connectivity index (χ1) is 5.74. The van der Waals surface area contributed by atoms with Crippen molar-refractivity contribution in [1.29, 1.82) is 0 Å². The van der Waals surface area contributed by atoms with Crippen LogP contribution in [-0.2, 0) is 9.47 Å². The smallest absolute Gasteiger partial charge is 0.0519 e. The maximum atomic E-state index is 5.23. The van der Waals surface area contributed by atoms with Crippen molar-refractivity contribution in [3.8, 4) is 0 Å². The second kappa shape index (κ2) is 6.44. The Bertz CT molecular complexity index is 98.0. The molecule has 0 unspecified atom stereocenters. The van der Waals surface area contributed by atoms with Crippen molar-refractivity contribution in [1.82, 2.24) is 0 Å². The minimum absolute atomic E-state index is 0.338. The van der Waals surface area contributed by atoms with Crippen molar-refractivity contribution in [3.63, 3.8) is 0 Å². The topological polar surface area (TPSA) is 18.5 Å². The van der Waals surface area contributed by atoms with Crippen molar-refractivity contribution in [3.05, 3.63) is 0 Å². The zero-order valence-electron chi connectivity index (χ0n) is 8.85. The van der Waals surface area contributed by atoms with Crippen molar-refractivity contribution in [2.24, 2.45) is 5.41 Å². The number of methoxy groups -OCH3 is 2. The number of rotatable bonds is 7. The molecule has 0 aliphatic rings. The Balaban J connectivity index is 3.95. The Labute approximate surface area is 76.3 Å². The monoisotopic (exact) mass is 174 g/mol. The van der Waals surface area contributed by atoms with Crippen LogP contribution in [0.3, 0.4) is 0 Å². The van der Waals surface area contributed by atoms with Gasteiger partial charge in [-0.15, -0.1) is 0 Å². The maximum absolute atomic E-state index is 5.23. The molecule has 0 amide bonds. The van der Waals surface area contributed by atoms with E-state index in [0.717, 1.165) is 19.6 Å². The highest BCUT2D eigenvalue weighted by Gasteiger charge is 2.25. The van der Waals surface area contributed by atoms with Gasteiger partial charge in [0.05, 0.1) is 6.61 Å². The molecule has 0 aromatic heterocycles. The first kappa shape index (κ1) is 11.9.